The van der Waals surface area contributed by atoms with Gasteiger partial charge < -0.3 is 9.32 Å². The van der Waals surface area contributed by atoms with E-state index in [-0.39, 0.29) is 11.9 Å². The molecule has 1 fully saturated rings. The first-order valence-corrected chi connectivity index (χ1v) is 9.48. The van der Waals surface area contributed by atoms with Crippen LogP contribution in [0.1, 0.15) is 36.8 Å². The van der Waals surface area contributed by atoms with Crippen LogP contribution in [0.5, 0.6) is 0 Å². The van der Waals surface area contributed by atoms with E-state index < -0.39 is 0 Å². The van der Waals surface area contributed by atoms with E-state index in [9.17, 15) is 4.79 Å². The van der Waals surface area contributed by atoms with E-state index in [1.165, 1.54) is 0 Å². The molecule has 1 aliphatic heterocycles. The van der Waals surface area contributed by atoms with Crippen LogP contribution in [0.2, 0.25) is 5.02 Å². The highest BCUT2D eigenvalue weighted by Gasteiger charge is 2.29. The van der Waals surface area contributed by atoms with Gasteiger partial charge in [-0.05, 0) is 54.8 Å². The highest BCUT2D eigenvalue weighted by atomic mass is 35.5. The zero-order chi connectivity index (χ0) is 18.6. The minimum Gasteiger partial charge on any atom is -0.441 e. The Morgan fingerprint density at radius 1 is 1.19 bits per heavy atom. The molecule has 3 aromatic rings. The summed E-state index contributed by atoms with van der Waals surface area (Å²) in [4.78, 5) is 23.1. The summed E-state index contributed by atoms with van der Waals surface area (Å²) in [6, 6.07) is 11.5. The fourth-order valence-corrected chi connectivity index (χ4v) is 3.65. The second-order valence-corrected chi connectivity index (χ2v) is 7.09. The van der Waals surface area contributed by atoms with E-state index in [0.29, 0.717) is 29.5 Å². The molecule has 2 aromatic heterocycles. The van der Waals surface area contributed by atoms with Gasteiger partial charge in [-0.1, -0.05) is 11.6 Å². The number of amides is 1. The van der Waals surface area contributed by atoms with Crippen molar-refractivity contribution in [3.63, 3.8) is 0 Å². The van der Waals surface area contributed by atoms with Crippen molar-refractivity contribution in [3.8, 4) is 11.3 Å². The maximum atomic E-state index is 12.7. The predicted octanol–water partition coefficient (Wildman–Crippen LogP) is 4.69. The fourth-order valence-electron chi connectivity index (χ4n) is 3.53. The van der Waals surface area contributed by atoms with Crippen molar-refractivity contribution in [2.24, 2.45) is 0 Å². The largest absolute Gasteiger partial charge is 0.441 e. The van der Waals surface area contributed by atoms with Gasteiger partial charge in [0.05, 0.1) is 12.2 Å². The summed E-state index contributed by atoms with van der Waals surface area (Å²) < 4.78 is 5.80. The molecule has 0 saturated carbocycles. The number of aromatic nitrogens is 2. The molecule has 0 spiro atoms. The molecule has 5 nitrogen and oxygen atoms in total. The average Bonchev–Trinajstić information content (AvgIpc) is 3.37. The molecule has 138 valence electrons. The molecule has 1 aromatic carbocycles. The van der Waals surface area contributed by atoms with E-state index in [2.05, 4.69) is 9.97 Å². The van der Waals surface area contributed by atoms with Crippen LogP contribution in [-0.4, -0.2) is 27.3 Å². The lowest BCUT2D eigenvalue weighted by atomic mass is 10.1. The number of nitrogens with zero attached hydrogens (tertiary/aromatic N) is 3. The Hall–Kier alpha value is -2.66. The summed E-state index contributed by atoms with van der Waals surface area (Å²) in [5, 5.41) is 0.679. The molecule has 3 heterocycles. The number of oxazole rings is 1. The molecule has 1 saturated heterocycles. The van der Waals surface area contributed by atoms with Crippen LogP contribution in [0.15, 0.2) is 59.4 Å². The maximum absolute atomic E-state index is 12.7. The lowest BCUT2D eigenvalue weighted by molar-refractivity contribution is -0.132. The zero-order valence-electron chi connectivity index (χ0n) is 14.8. The SMILES string of the molecule is O=C(CCc1ncc(-c2ccc(Cl)cc2)o1)N1CCC[C@@H]1c1ccncc1. The molecule has 27 heavy (non-hydrogen) atoms. The molecule has 1 atom stereocenters. The first kappa shape index (κ1) is 17.7. The first-order chi connectivity index (χ1) is 13.2. The Balaban J connectivity index is 1.39. The smallest absolute Gasteiger partial charge is 0.223 e. The minimum atomic E-state index is 0.139. The molecule has 4 rings (SSSR count). The molecule has 0 unspecified atom stereocenters. The van der Waals surface area contributed by atoms with Crippen molar-refractivity contribution >= 4 is 17.5 Å². The molecule has 1 amide bonds. The third kappa shape index (κ3) is 4.03. The van der Waals surface area contributed by atoms with Gasteiger partial charge in [0, 0.05) is 42.4 Å². The summed E-state index contributed by atoms with van der Waals surface area (Å²) in [7, 11) is 0. The van der Waals surface area contributed by atoms with Gasteiger partial charge in [0.25, 0.3) is 0 Å². The van der Waals surface area contributed by atoms with Gasteiger partial charge in [-0.3, -0.25) is 9.78 Å². The summed E-state index contributed by atoms with van der Waals surface area (Å²) >= 11 is 5.92. The highest BCUT2D eigenvalue weighted by molar-refractivity contribution is 6.30. The first-order valence-electron chi connectivity index (χ1n) is 9.11. The van der Waals surface area contributed by atoms with Crippen LogP contribution in [0.25, 0.3) is 11.3 Å². The van der Waals surface area contributed by atoms with Gasteiger partial charge in [-0.25, -0.2) is 4.98 Å². The highest BCUT2D eigenvalue weighted by Crippen LogP contribution is 2.32. The minimum absolute atomic E-state index is 0.139. The Bertz CT molecular complexity index is 909. The van der Waals surface area contributed by atoms with Gasteiger partial charge in [0.15, 0.2) is 11.7 Å². The zero-order valence-corrected chi connectivity index (χ0v) is 15.6. The fraction of sp³-hybridized carbons (Fsp3) is 0.286. The van der Waals surface area contributed by atoms with Gasteiger partial charge in [0.1, 0.15) is 0 Å². The Morgan fingerprint density at radius 2 is 1.96 bits per heavy atom. The second kappa shape index (κ2) is 7.92. The summed E-state index contributed by atoms with van der Waals surface area (Å²) in [5.74, 6) is 1.40. The molecule has 6 heteroatoms. The number of carbonyl (C=O) groups is 1. The van der Waals surface area contributed by atoms with Crippen molar-refractivity contribution < 1.29 is 9.21 Å². The van der Waals surface area contributed by atoms with Crippen LogP contribution in [0, 0.1) is 0 Å². The standard InChI is InChI=1S/C21H20ClN3O2/c22-17-5-3-16(4-6-17)19-14-24-20(27-19)7-8-21(26)25-13-1-2-18(25)15-9-11-23-12-10-15/h3-6,9-12,14,18H,1-2,7-8,13H2/t18-/m1/s1. The Kier molecular flexibility index (Phi) is 5.21. The summed E-state index contributed by atoms with van der Waals surface area (Å²) in [6.45, 7) is 0.799. The molecular formula is C21H20ClN3O2. The quantitative estimate of drug-likeness (QED) is 0.643. The van der Waals surface area contributed by atoms with Crippen molar-refractivity contribution in [1.29, 1.82) is 0 Å². The summed E-state index contributed by atoms with van der Waals surface area (Å²) in [6.07, 6.45) is 8.16. The topological polar surface area (TPSA) is 59.2 Å². The number of hydrogen-bond acceptors (Lipinski definition) is 4. The lowest BCUT2D eigenvalue weighted by Gasteiger charge is -2.24. The molecule has 0 aliphatic carbocycles. The Labute approximate surface area is 163 Å². The maximum Gasteiger partial charge on any atom is 0.223 e. The monoisotopic (exact) mass is 381 g/mol. The van der Waals surface area contributed by atoms with E-state index in [4.69, 9.17) is 16.0 Å². The van der Waals surface area contributed by atoms with Crippen LogP contribution in [0.4, 0.5) is 0 Å². The number of benzene rings is 1. The molecule has 0 N–H and O–H groups in total. The third-order valence-corrected chi connectivity index (χ3v) is 5.15. The van der Waals surface area contributed by atoms with Crippen LogP contribution in [0.3, 0.4) is 0 Å². The van der Waals surface area contributed by atoms with E-state index in [1.54, 1.807) is 18.6 Å². The number of pyridine rings is 1. The number of hydrogen-bond donors (Lipinski definition) is 0. The van der Waals surface area contributed by atoms with E-state index in [0.717, 1.165) is 30.5 Å². The van der Waals surface area contributed by atoms with Gasteiger partial charge in [-0.15, -0.1) is 0 Å². The van der Waals surface area contributed by atoms with Crippen molar-refractivity contribution in [2.45, 2.75) is 31.7 Å². The molecule has 0 radical (unpaired) electrons. The third-order valence-electron chi connectivity index (χ3n) is 4.90. The van der Waals surface area contributed by atoms with Gasteiger partial charge in [0.2, 0.25) is 5.91 Å². The number of carbonyl (C=O) groups excluding carboxylic acids is 1. The number of halogens is 1. The number of aryl methyl sites for hydroxylation is 1. The van der Waals surface area contributed by atoms with Crippen LogP contribution < -0.4 is 0 Å². The average molecular weight is 382 g/mol. The van der Waals surface area contributed by atoms with E-state index >= 15 is 0 Å². The molecule has 0 bridgehead atoms. The van der Waals surface area contributed by atoms with E-state index in [1.807, 2.05) is 41.3 Å². The number of rotatable bonds is 5. The van der Waals surface area contributed by atoms with Crippen LogP contribution >= 0.6 is 11.6 Å². The summed E-state index contributed by atoms with van der Waals surface area (Å²) in [5.41, 5.74) is 2.07. The van der Waals surface area contributed by atoms with Crippen molar-refractivity contribution in [2.75, 3.05) is 6.54 Å². The van der Waals surface area contributed by atoms with Gasteiger partial charge in [-0.2, -0.15) is 0 Å². The Morgan fingerprint density at radius 3 is 2.74 bits per heavy atom. The number of likely N-dealkylation sites (tertiary alicyclic amines) is 1. The second-order valence-electron chi connectivity index (χ2n) is 6.65. The normalized spacial score (nSPS) is 16.6. The van der Waals surface area contributed by atoms with Crippen molar-refractivity contribution in [1.82, 2.24) is 14.9 Å². The predicted molar refractivity (Wildman–Crippen MR) is 103 cm³/mol. The lowest BCUT2D eigenvalue weighted by Crippen LogP contribution is -2.30. The van der Waals surface area contributed by atoms with Crippen molar-refractivity contribution in [3.05, 3.63) is 71.5 Å². The van der Waals surface area contributed by atoms with Gasteiger partial charge >= 0.3 is 0 Å². The molecular weight excluding hydrogens is 362 g/mol. The van der Waals surface area contributed by atoms with Crippen LogP contribution in [-0.2, 0) is 11.2 Å². The molecule has 1 aliphatic rings.